The first-order valence-electron chi connectivity index (χ1n) is 6.48. The van der Waals surface area contributed by atoms with Gasteiger partial charge in [0.2, 0.25) is 5.91 Å². The summed E-state index contributed by atoms with van der Waals surface area (Å²) in [5.41, 5.74) is 8.41. The molecule has 0 aliphatic rings. The number of anilines is 1. The molecule has 2 aromatic carbocycles. The van der Waals surface area contributed by atoms with Crippen LogP contribution in [0.1, 0.15) is 6.92 Å². The van der Waals surface area contributed by atoms with Gasteiger partial charge in [0.05, 0.1) is 6.10 Å². The summed E-state index contributed by atoms with van der Waals surface area (Å²) in [5, 5.41) is 12.0. The van der Waals surface area contributed by atoms with Crippen LogP contribution in [0.2, 0.25) is 0 Å². The van der Waals surface area contributed by atoms with Crippen LogP contribution < -0.4 is 11.1 Å². The lowest BCUT2D eigenvalue weighted by atomic mass is 10.1. The fraction of sp³-hybridized carbons (Fsp3) is 0.188. The van der Waals surface area contributed by atoms with Gasteiger partial charge in [-0.2, -0.15) is 0 Å². The molecule has 0 bridgehead atoms. The fourth-order valence-corrected chi connectivity index (χ4v) is 1.82. The van der Waals surface area contributed by atoms with Crippen LogP contribution in [-0.4, -0.2) is 23.2 Å². The SMILES string of the molecule is C[C@@H](O)[C@H](N)C(=O)Nc1ccc(-c2ccccc2)cc1. The first-order valence-corrected chi connectivity index (χ1v) is 6.48. The molecule has 0 spiro atoms. The molecule has 0 aliphatic heterocycles. The van der Waals surface area contributed by atoms with Gasteiger partial charge in [-0.05, 0) is 30.2 Å². The van der Waals surface area contributed by atoms with Crippen LogP contribution in [0.4, 0.5) is 5.69 Å². The predicted octanol–water partition coefficient (Wildman–Crippen LogP) is 2.00. The van der Waals surface area contributed by atoms with E-state index in [4.69, 9.17) is 5.73 Å². The molecule has 2 rings (SSSR count). The summed E-state index contributed by atoms with van der Waals surface area (Å²) in [4.78, 5) is 11.7. The van der Waals surface area contributed by atoms with Gasteiger partial charge >= 0.3 is 0 Å². The highest BCUT2D eigenvalue weighted by atomic mass is 16.3. The Morgan fingerprint density at radius 2 is 1.60 bits per heavy atom. The number of benzene rings is 2. The van der Waals surface area contributed by atoms with E-state index >= 15 is 0 Å². The Balaban J connectivity index is 2.08. The number of carbonyl (C=O) groups is 1. The Labute approximate surface area is 118 Å². The predicted molar refractivity (Wildman–Crippen MR) is 80.2 cm³/mol. The van der Waals surface area contributed by atoms with Crippen molar-refractivity contribution in [3.05, 3.63) is 54.6 Å². The monoisotopic (exact) mass is 270 g/mol. The Bertz CT molecular complexity index is 565. The lowest BCUT2D eigenvalue weighted by molar-refractivity contribution is -0.119. The lowest BCUT2D eigenvalue weighted by Crippen LogP contribution is -2.43. The Kier molecular flexibility index (Phi) is 4.50. The van der Waals surface area contributed by atoms with Gasteiger partial charge < -0.3 is 16.2 Å². The summed E-state index contributed by atoms with van der Waals surface area (Å²) < 4.78 is 0. The second-order valence-corrected chi connectivity index (χ2v) is 4.70. The van der Waals surface area contributed by atoms with Gasteiger partial charge in [0, 0.05) is 5.69 Å². The number of nitrogens with two attached hydrogens (primary N) is 1. The van der Waals surface area contributed by atoms with Crippen LogP contribution in [0, 0.1) is 0 Å². The highest BCUT2D eigenvalue weighted by Crippen LogP contribution is 2.21. The highest BCUT2D eigenvalue weighted by molar-refractivity contribution is 5.95. The first kappa shape index (κ1) is 14.2. The number of nitrogens with one attached hydrogen (secondary N) is 1. The molecule has 0 unspecified atom stereocenters. The van der Waals surface area contributed by atoms with Crippen molar-refractivity contribution in [1.82, 2.24) is 0 Å². The molecule has 0 saturated heterocycles. The zero-order chi connectivity index (χ0) is 14.5. The van der Waals surface area contributed by atoms with E-state index in [0.717, 1.165) is 11.1 Å². The van der Waals surface area contributed by atoms with Crippen molar-refractivity contribution >= 4 is 11.6 Å². The van der Waals surface area contributed by atoms with Crippen molar-refractivity contribution < 1.29 is 9.90 Å². The Morgan fingerprint density at radius 1 is 1.05 bits per heavy atom. The van der Waals surface area contributed by atoms with E-state index < -0.39 is 18.1 Å². The smallest absolute Gasteiger partial charge is 0.243 e. The first-order chi connectivity index (χ1) is 9.58. The topological polar surface area (TPSA) is 75.3 Å². The van der Waals surface area contributed by atoms with E-state index in [1.54, 1.807) is 0 Å². The van der Waals surface area contributed by atoms with Crippen LogP contribution in [-0.2, 0) is 4.79 Å². The van der Waals surface area contributed by atoms with E-state index in [0.29, 0.717) is 5.69 Å². The molecule has 0 saturated carbocycles. The van der Waals surface area contributed by atoms with E-state index in [-0.39, 0.29) is 0 Å². The van der Waals surface area contributed by atoms with Crippen molar-refractivity contribution in [2.45, 2.75) is 19.1 Å². The van der Waals surface area contributed by atoms with Crippen molar-refractivity contribution in [3.63, 3.8) is 0 Å². The van der Waals surface area contributed by atoms with Gasteiger partial charge in [0.1, 0.15) is 6.04 Å². The van der Waals surface area contributed by atoms with E-state index in [1.807, 2.05) is 54.6 Å². The summed E-state index contributed by atoms with van der Waals surface area (Å²) in [7, 11) is 0. The second-order valence-electron chi connectivity index (χ2n) is 4.70. The van der Waals surface area contributed by atoms with Gasteiger partial charge in [-0.3, -0.25) is 4.79 Å². The van der Waals surface area contributed by atoms with Crippen LogP contribution >= 0.6 is 0 Å². The summed E-state index contributed by atoms with van der Waals surface area (Å²) in [6.45, 7) is 1.49. The minimum atomic E-state index is -0.927. The summed E-state index contributed by atoms with van der Waals surface area (Å²) in [6.07, 6.45) is -0.876. The molecule has 2 atom stereocenters. The van der Waals surface area contributed by atoms with Gasteiger partial charge in [0.15, 0.2) is 0 Å². The van der Waals surface area contributed by atoms with Crippen LogP contribution in [0.3, 0.4) is 0 Å². The van der Waals surface area contributed by atoms with E-state index in [9.17, 15) is 9.90 Å². The zero-order valence-corrected chi connectivity index (χ0v) is 11.3. The number of hydrogen-bond acceptors (Lipinski definition) is 3. The van der Waals surface area contributed by atoms with Gasteiger partial charge in [-0.25, -0.2) is 0 Å². The van der Waals surface area contributed by atoms with E-state index in [1.165, 1.54) is 6.92 Å². The third-order valence-electron chi connectivity index (χ3n) is 3.08. The molecular formula is C16H18N2O2. The number of aliphatic hydroxyl groups excluding tert-OH is 1. The maximum Gasteiger partial charge on any atom is 0.243 e. The quantitative estimate of drug-likeness (QED) is 0.795. The molecule has 20 heavy (non-hydrogen) atoms. The summed E-state index contributed by atoms with van der Waals surface area (Å²) in [5.74, 6) is -0.396. The summed E-state index contributed by atoms with van der Waals surface area (Å²) >= 11 is 0. The van der Waals surface area contributed by atoms with Crippen molar-refractivity contribution in [3.8, 4) is 11.1 Å². The average molecular weight is 270 g/mol. The molecule has 0 fully saturated rings. The molecular weight excluding hydrogens is 252 g/mol. The van der Waals surface area contributed by atoms with Crippen LogP contribution in [0.25, 0.3) is 11.1 Å². The normalized spacial score (nSPS) is 13.6. The maximum atomic E-state index is 11.7. The number of hydrogen-bond donors (Lipinski definition) is 3. The number of rotatable bonds is 4. The maximum absolute atomic E-state index is 11.7. The lowest BCUT2D eigenvalue weighted by Gasteiger charge is -2.14. The standard InChI is InChI=1S/C16H18N2O2/c1-11(19)15(17)16(20)18-14-9-7-13(8-10-14)12-5-3-2-4-6-12/h2-11,15,19H,17H2,1H3,(H,18,20)/t11-,15+/m1/s1. The van der Waals surface area contributed by atoms with Crippen LogP contribution in [0.5, 0.6) is 0 Å². The van der Waals surface area contributed by atoms with E-state index in [2.05, 4.69) is 5.32 Å². The number of carbonyl (C=O) groups excluding carboxylic acids is 1. The van der Waals surface area contributed by atoms with Crippen molar-refractivity contribution in [2.24, 2.45) is 5.73 Å². The molecule has 0 heterocycles. The minimum absolute atomic E-state index is 0.396. The van der Waals surface area contributed by atoms with Crippen molar-refractivity contribution in [1.29, 1.82) is 0 Å². The fourth-order valence-electron chi connectivity index (χ4n) is 1.82. The highest BCUT2D eigenvalue weighted by Gasteiger charge is 2.18. The average Bonchev–Trinajstić information content (AvgIpc) is 2.48. The third-order valence-corrected chi connectivity index (χ3v) is 3.08. The van der Waals surface area contributed by atoms with Gasteiger partial charge in [0.25, 0.3) is 0 Å². The molecule has 1 amide bonds. The van der Waals surface area contributed by atoms with Gasteiger partial charge in [-0.15, -0.1) is 0 Å². The molecule has 0 aliphatic carbocycles. The summed E-state index contributed by atoms with van der Waals surface area (Å²) in [6, 6.07) is 16.5. The number of aliphatic hydroxyl groups is 1. The number of amides is 1. The molecule has 4 N–H and O–H groups in total. The van der Waals surface area contributed by atoms with Gasteiger partial charge in [-0.1, -0.05) is 42.5 Å². The molecule has 4 heteroatoms. The molecule has 0 aromatic heterocycles. The third kappa shape index (κ3) is 3.44. The Hall–Kier alpha value is -2.17. The molecule has 2 aromatic rings. The second kappa shape index (κ2) is 6.32. The minimum Gasteiger partial charge on any atom is -0.391 e. The van der Waals surface area contributed by atoms with Crippen LogP contribution in [0.15, 0.2) is 54.6 Å². The van der Waals surface area contributed by atoms with Crippen molar-refractivity contribution in [2.75, 3.05) is 5.32 Å². The molecule has 4 nitrogen and oxygen atoms in total. The zero-order valence-electron chi connectivity index (χ0n) is 11.3. The molecule has 0 radical (unpaired) electrons. The largest absolute Gasteiger partial charge is 0.391 e. The Morgan fingerprint density at radius 3 is 2.15 bits per heavy atom. The molecule has 104 valence electrons.